The molecule has 0 bridgehead atoms. The fraction of sp³-hybridized carbons (Fsp3) is 0.333. The highest BCUT2D eigenvalue weighted by Crippen LogP contribution is 2.19. The van der Waals surface area contributed by atoms with Gasteiger partial charge in [-0.05, 0) is 25.5 Å². The van der Waals surface area contributed by atoms with E-state index in [2.05, 4.69) is 0 Å². The average Bonchev–Trinajstić information content (AvgIpc) is 1.79. The molecule has 9 heavy (non-hydrogen) atoms. The van der Waals surface area contributed by atoms with E-state index in [1.54, 1.807) is 19.9 Å². The summed E-state index contributed by atoms with van der Waals surface area (Å²) in [7, 11) is -2.98. The summed E-state index contributed by atoms with van der Waals surface area (Å²) in [5.74, 6) is 0. The molecule has 0 fully saturated rings. The second kappa shape index (κ2) is 1.70. The normalized spacial score (nSPS) is 23.3. The van der Waals surface area contributed by atoms with Crippen LogP contribution in [0.3, 0.4) is 0 Å². The molecule has 2 nitrogen and oxygen atoms in total. The fourth-order valence-electron chi connectivity index (χ4n) is 0.774. The predicted octanol–water partition coefficient (Wildman–Crippen LogP) is 1.22. The van der Waals surface area contributed by atoms with Crippen molar-refractivity contribution in [2.24, 2.45) is 0 Å². The van der Waals surface area contributed by atoms with Crippen LogP contribution in [0.1, 0.15) is 13.8 Å². The third kappa shape index (κ3) is 1.05. The van der Waals surface area contributed by atoms with Crippen LogP contribution in [0.5, 0.6) is 0 Å². The van der Waals surface area contributed by atoms with E-state index in [9.17, 15) is 8.42 Å². The van der Waals surface area contributed by atoms with Crippen molar-refractivity contribution in [2.45, 2.75) is 13.8 Å². The molecule has 0 atom stereocenters. The van der Waals surface area contributed by atoms with E-state index in [-0.39, 0.29) is 0 Å². The zero-order valence-electron chi connectivity index (χ0n) is 5.38. The molecule has 0 saturated heterocycles. The van der Waals surface area contributed by atoms with Gasteiger partial charge in [0.1, 0.15) is 0 Å². The van der Waals surface area contributed by atoms with E-state index >= 15 is 0 Å². The highest BCUT2D eigenvalue weighted by atomic mass is 32.2. The van der Waals surface area contributed by atoms with E-state index in [1.165, 1.54) is 5.41 Å². The lowest BCUT2D eigenvalue weighted by Gasteiger charge is -1.86. The second-order valence-corrected chi connectivity index (χ2v) is 4.13. The van der Waals surface area contributed by atoms with Gasteiger partial charge in [0.25, 0.3) is 0 Å². The summed E-state index contributed by atoms with van der Waals surface area (Å²) < 4.78 is 21.7. The first kappa shape index (κ1) is 6.55. The molecule has 0 amide bonds. The topological polar surface area (TPSA) is 34.1 Å². The Morgan fingerprint density at radius 1 is 1.33 bits per heavy atom. The molecular weight excluding hydrogens is 136 g/mol. The summed E-state index contributed by atoms with van der Waals surface area (Å²) in [5, 5.41) is 1.28. The second-order valence-electron chi connectivity index (χ2n) is 2.16. The molecule has 0 radical (unpaired) electrons. The number of rotatable bonds is 0. The largest absolute Gasteiger partial charge is 0.219 e. The van der Waals surface area contributed by atoms with Gasteiger partial charge in [-0.2, -0.15) is 0 Å². The van der Waals surface area contributed by atoms with Crippen molar-refractivity contribution in [1.82, 2.24) is 0 Å². The summed E-state index contributed by atoms with van der Waals surface area (Å²) in [6.07, 6.45) is 1.66. The quantitative estimate of drug-likeness (QED) is 0.512. The molecule has 1 rings (SSSR count). The Morgan fingerprint density at radius 3 is 2.00 bits per heavy atom. The Bertz CT molecular complexity index is 280. The third-order valence-electron chi connectivity index (χ3n) is 1.22. The van der Waals surface area contributed by atoms with E-state index in [0.717, 1.165) is 5.57 Å². The van der Waals surface area contributed by atoms with Gasteiger partial charge in [-0.15, -0.1) is 0 Å². The lowest BCUT2D eigenvalue weighted by Crippen LogP contribution is -1.90. The molecule has 0 aromatic heterocycles. The lowest BCUT2D eigenvalue weighted by molar-refractivity contribution is 0.610. The van der Waals surface area contributed by atoms with Crippen LogP contribution in [-0.4, -0.2) is 8.42 Å². The molecule has 50 valence electrons. The summed E-state index contributed by atoms with van der Waals surface area (Å²) in [4.78, 5) is 0.444. The first-order chi connectivity index (χ1) is 4.02. The maximum absolute atomic E-state index is 10.8. The summed E-state index contributed by atoms with van der Waals surface area (Å²) in [6, 6.07) is 0. The summed E-state index contributed by atoms with van der Waals surface area (Å²) in [5.41, 5.74) is 0.812. The number of allylic oxidation sites excluding steroid dienone is 3. The molecule has 0 aliphatic carbocycles. The van der Waals surface area contributed by atoms with Gasteiger partial charge in [0, 0.05) is 10.3 Å². The smallest absolute Gasteiger partial charge is 0.195 e. The van der Waals surface area contributed by atoms with Gasteiger partial charge in [-0.3, -0.25) is 0 Å². The Morgan fingerprint density at radius 2 is 1.89 bits per heavy atom. The highest BCUT2D eigenvalue weighted by Gasteiger charge is 2.15. The molecule has 1 heterocycles. The number of sulfone groups is 1. The lowest BCUT2D eigenvalue weighted by atomic mass is 10.3. The predicted molar refractivity (Wildman–Crippen MR) is 36.4 cm³/mol. The summed E-state index contributed by atoms with van der Waals surface area (Å²) >= 11 is 0. The molecule has 1 aliphatic rings. The highest BCUT2D eigenvalue weighted by molar-refractivity contribution is 7.98. The van der Waals surface area contributed by atoms with Gasteiger partial charge in [0.15, 0.2) is 9.84 Å². The molecule has 1 aliphatic heterocycles. The first-order valence-corrected chi connectivity index (χ1v) is 4.19. The zero-order chi connectivity index (χ0) is 7.07. The van der Waals surface area contributed by atoms with Crippen LogP contribution < -0.4 is 0 Å². The van der Waals surface area contributed by atoms with Gasteiger partial charge in [0.05, 0.1) is 0 Å². The SMILES string of the molecule is CC1=CS(=O)(=O)C(C)=C1. The van der Waals surface area contributed by atoms with Crippen molar-refractivity contribution in [3.63, 3.8) is 0 Å². The molecule has 3 heteroatoms. The van der Waals surface area contributed by atoms with Crippen molar-refractivity contribution in [3.05, 3.63) is 22.0 Å². The number of hydrogen-bond donors (Lipinski definition) is 0. The Balaban J connectivity index is 3.28. The fourth-order valence-corrected chi connectivity index (χ4v) is 1.87. The minimum atomic E-state index is -2.98. The van der Waals surface area contributed by atoms with Crippen LogP contribution in [0.25, 0.3) is 0 Å². The van der Waals surface area contributed by atoms with Gasteiger partial charge >= 0.3 is 0 Å². The molecule has 0 aromatic rings. The monoisotopic (exact) mass is 144 g/mol. The third-order valence-corrected chi connectivity index (χ3v) is 2.92. The van der Waals surface area contributed by atoms with E-state index in [1.807, 2.05) is 0 Å². The van der Waals surface area contributed by atoms with Crippen molar-refractivity contribution in [1.29, 1.82) is 0 Å². The zero-order valence-corrected chi connectivity index (χ0v) is 6.20. The first-order valence-electron chi connectivity index (χ1n) is 2.64. The molecular formula is C6H8O2S. The van der Waals surface area contributed by atoms with Crippen LogP contribution in [0, 0.1) is 0 Å². The number of hydrogen-bond acceptors (Lipinski definition) is 2. The molecule has 0 aromatic carbocycles. The Hall–Kier alpha value is -0.570. The molecule has 0 unspecified atom stereocenters. The van der Waals surface area contributed by atoms with Crippen LogP contribution in [0.4, 0.5) is 0 Å². The van der Waals surface area contributed by atoms with Crippen LogP contribution in [-0.2, 0) is 9.84 Å². The van der Waals surface area contributed by atoms with E-state index in [4.69, 9.17) is 0 Å². The van der Waals surface area contributed by atoms with Gasteiger partial charge in [-0.1, -0.05) is 0 Å². The molecule has 0 N–H and O–H groups in total. The Kier molecular flexibility index (Phi) is 1.24. The Labute approximate surface area is 54.8 Å². The summed E-state index contributed by atoms with van der Waals surface area (Å²) in [6.45, 7) is 3.37. The van der Waals surface area contributed by atoms with E-state index in [0.29, 0.717) is 4.91 Å². The standard InChI is InChI=1S/C6H8O2S/c1-5-3-6(2)9(7,8)4-5/h3-4H,1-2H3. The maximum Gasteiger partial charge on any atom is 0.195 e. The average molecular weight is 144 g/mol. The van der Waals surface area contributed by atoms with Crippen molar-refractivity contribution < 1.29 is 8.42 Å². The van der Waals surface area contributed by atoms with Gasteiger partial charge in [0.2, 0.25) is 0 Å². The minimum Gasteiger partial charge on any atom is -0.219 e. The van der Waals surface area contributed by atoms with Crippen LogP contribution >= 0.6 is 0 Å². The van der Waals surface area contributed by atoms with Crippen LogP contribution in [0.15, 0.2) is 22.0 Å². The van der Waals surface area contributed by atoms with E-state index < -0.39 is 9.84 Å². The maximum atomic E-state index is 10.8. The minimum absolute atomic E-state index is 0.444. The van der Waals surface area contributed by atoms with Crippen molar-refractivity contribution in [3.8, 4) is 0 Å². The van der Waals surface area contributed by atoms with Gasteiger partial charge < -0.3 is 0 Å². The molecule has 0 saturated carbocycles. The van der Waals surface area contributed by atoms with Gasteiger partial charge in [-0.25, -0.2) is 8.42 Å². The molecule has 0 spiro atoms. The van der Waals surface area contributed by atoms with Crippen molar-refractivity contribution in [2.75, 3.05) is 0 Å². The van der Waals surface area contributed by atoms with Crippen LogP contribution in [0.2, 0.25) is 0 Å². The van der Waals surface area contributed by atoms with Crippen molar-refractivity contribution >= 4 is 9.84 Å².